The number of ether oxygens (including phenoxy) is 1. The van der Waals surface area contributed by atoms with E-state index in [-0.39, 0.29) is 18.0 Å². The number of carbonyl (C=O) groups is 2. The number of hydrogen-bond acceptors (Lipinski definition) is 6. The fraction of sp³-hybridized carbons (Fsp3) is 0.238. The molecule has 2 aromatic carbocycles. The second-order valence-electron chi connectivity index (χ2n) is 7.01. The smallest absolute Gasteiger partial charge is 0.410 e. The summed E-state index contributed by atoms with van der Waals surface area (Å²) in [6.07, 6.45) is -0.304. The summed E-state index contributed by atoms with van der Waals surface area (Å²) in [7, 11) is 0. The Morgan fingerprint density at radius 1 is 1.03 bits per heavy atom. The fourth-order valence-corrected chi connectivity index (χ4v) is 3.74. The Morgan fingerprint density at radius 2 is 1.83 bits per heavy atom. The zero-order valence-electron chi connectivity index (χ0n) is 15.5. The molecule has 0 aliphatic carbocycles. The van der Waals surface area contributed by atoms with Crippen LogP contribution in [-0.4, -0.2) is 64.2 Å². The van der Waals surface area contributed by atoms with E-state index in [1.165, 1.54) is 0 Å². The molecular weight excluding hydrogens is 372 g/mol. The number of hydrogen-bond donors (Lipinski definition) is 0. The van der Waals surface area contributed by atoms with Crippen molar-refractivity contribution in [1.82, 2.24) is 19.9 Å². The maximum absolute atomic E-state index is 13.2. The summed E-state index contributed by atoms with van der Waals surface area (Å²) in [5.74, 6) is 0.642. The molecular formula is C21H18N4O4. The van der Waals surface area contributed by atoms with Gasteiger partial charge in [0.1, 0.15) is 6.61 Å². The number of rotatable bonds is 3. The van der Waals surface area contributed by atoms with Gasteiger partial charge >= 0.3 is 6.09 Å². The predicted octanol–water partition coefficient (Wildman–Crippen LogP) is 2.68. The highest BCUT2D eigenvalue weighted by molar-refractivity contribution is 6.00. The Balaban J connectivity index is 1.42. The lowest BCUT2D eigenvalue weighted by Gasteiger charge is -2.35. The van der Waals surface area contributed by atoms with Crippen molar-refractivity contribution in [2.75, 3.05) is 26.2 Å². The van der Waals surface area contributed by atoms with E-state index in [2.05, 4.69) is 10.1 Å². The monoisotopic (exact) mass is 390 g/mol. The van der Waals surface area contributed by atoms with Gasteiger partial charge in [-0.25, -0.2) is 4.79 Å². The van der Waals surface area contributed by atoms with Crippen LogP contribution in [0, 0.1) is 0 Å². The van der Waals surface area contributed by atoms with Gasteiger partial charge in [-0.3, -0.25) is 9.69 Å². The van der Waals surface area contributed by atoms with Crippen molar-refractivity contribution in [1.29, 1.82) is 0 Å². The molecule has 0 unspecified atom stereocenters. The van der Waals surface area contributed by atoms with E-state index < -0.39 is 0 Å². The summed E-state index contributed by atoms with van der Waals surface area (Å²) in [6, 6.07) is 16.6. The molecule has 2 fully saturated rings. The molecule has 2 amide bonds. The van der Waals surface area contributed by atoms with Gasteiger partial charge in [0.15, 0.2) is 0 Å². The number of amides is 2. The van der Waals surface area contributed by atoms with Crippen molar-refractivity contribution >= 4 is 12.0 Å². The molecule has 1 aromatic heterocycles. The molecule has 8 heteroatoms. The SMILES string of the molecule is O=C(c1ccccc1-c1nc(-c2ccccc2)no1)N1CCN2C(=O)OC[C@H]2C1. The lowest BCUT2D eigenvalue weighted by Crippen LogP contribution is -2.53. The first-order valence-electron chi connectivity index (χ1n) is 9.42. The second-order valence-corrected chi connectivity index (χ2v) is 7.01. The number of fused-ring (bicyclic) bond motifs is 1. The molecule has 0 bridgehead atoms. The highest BCUT2D eigenvalue weighted by atomic mass is 16.6. The molecule has 3 heterocycles. The third kappa shape index (κ3) is 3.12. The van der Waals surface area contributed by atoms with Gasteiger partial charge in [-0.15, -0.1) is 0 Å². The first kappa shape index (κ1) is 17.4. The van der Waals surface area contributed by atoms with Crippen molar-refractivity contribution in [3.63, 3.8) is 0 Å². The van der Waals surface area contributed by atoms with E-state index in [1.54, 1.807) is 21.9 Å². The van der Waals surface area contributed by atoms with E-state index in [4.69, 9.17) is 9.26 Å². The van der Waals surface area contributed by atoms with Crippen molar-refractivity contribution in [2.45, 2.75) is 6.04 Å². The summed E-state index contributed by atoms with van der Waals surface area (Å²) in [6.45, 7) is 1.68. The Morgan fingerprint density at radius 3 is 2.69 bits per heavy atom. The van der Waals surface area contributed by atoms with Crippen LogP contribution in [0.5, 0.6) is 0 Å². The van der Waals surface area contributed by atoms with Gasteiger partial charge in [0.25, 0.3) is 11.8 Å². The summed E-state index contributed by atoms with van der Waals surface area (Å²) < 4.78 is 10.5. The molecule has 2 aliphatic rings. The molecule has 0 radical (unpaired) electrons. The van der Waals surface area contributed by atoms with Crippen LogP contribution in [0.3, 0.4) is 0 Å². The Labute approximate surface area is 166 Å². The lowest BCUT2D eigenvalue weighted by molar-refractivity contribution is 0.0617. The third-order valence-corrected chi connectivity index (χ3v) is 5.25. The zero-order valence-corrected chi connectivity index (χ0v) is 15.5. The largest absolute Gasteiger partial charge is 0.447 e. The van der Waals surface area contributed by atoms with Gasteiger partial charge < -0.3 is 14.2 Å². The molecule has 8 nitrogen and oxygen atoms in total. The molecule has 29 heavy (non-hydrogen) atoms. The number of carbonyl (C=O) groups excluding carboxylic acids is 2. The number of nitrogens with zero attached hydrogens (tertiary/aromatic N) is 4. The topological polar surface area (TPSA) is 88.8 Å². The number of piperazine rings is 1. The van der Waals surface area contributed by atoms with Crippen molar-refractivity contribution < 1.29 is 18.8 Å². The van der Waals surface area contributed by atoms with Crippen LogP contribution in [0.4, 0.5) is 4.79 Å². The summed E-state index contributed by atoms with van der Waals surface area (Å²) >= 11 is 0. The highest BCUT2D eigenvalue weighted by Crippen LogP contribution is 2.27. The summed E-state index contributed by atoms with van der Waals surface area (Å²) in [5, 5.41) is 4.06. The minimum Gasteiger partial charge on any atom is -0.447 e. The van der Waals surface area contributed by atoms with Crippen LogP contribution in [0.2, 0.25) is 0 Å². The molecule has 0 spiro atoms. The molecule has 0 saturated carbocycles. The van der Waals surface area contributed by atoms with E-state index >= 15 is 0 Å². The van der Waals surface area contributed by atoms with Gasteiger partial charge in [0.05, 0.1) is 17.2 Å². The van der Waals surface area contributed by atoms with Gasteiger partial charge in [0.2, 0.25) is 5.82 Å². The molecule has 146 valence electrons. The summed E-state index contributed by atoms with van der Waals surface area (Å²) in [5.41, 5.74) is 1.93. The van der Waals surface area contributed by atoms with Crippen molar-refractivity contribution in [3.8, 4) is 22.8 Å². The second kappa shape index (κ2) is 7.05. The standard InChI is InChI=1S/C21H18N4O4/c26-20(24-10-11-25-15(12-24)13-28-21(25)27)17-9-5-4-8-16(17)19-22-18(23-29-19)14-6-2-1-3-7-14/h1-9,15H,10-13H2/t15-/m1/s1. The number of benzene rings is 2. The third-order valence-electron chi connectivity index (χ3n) is 5.25. The minimum absolute atomic E-state index is 0.0968. The summed E-state index contributed by atoms with van der Waals surface area (Å²) in [4.78, 5) is 32.8. The quantitative estimate of drug-likeness (QED) is 0.683. The van der Waals surface area contributed by atoms with Crippen LogP contribution in [-0.2, 0) is 4.74 Å². The fourth-order valence-electron chi connectivity index (χ4n) is 3.74. The first-order chi connectivity index (χ1) is 14.2. The van der Waals surface area contributed by atoms with Crippen LogP contribution < -0.4 is 0 Å². The maximum Gasteiger partial charge on any atom is 0.410 e. The van der Waals surface area contributed by atoms with Crippen LogP contribution >= 0.6 is 0 Å². The van der Waals surface area contributed by atoms with E-state index in [1.807, 2.05) is 42.5 Å². The van der Waals surface area contributed by atoms with Crippen LogP contribution in [0.1, 0.15) is 10.4 Å². The molecule has 2 saturated heterocycles. The average molecular weight is 390 g/mol. The van der Waals surface area contributed by atoms with E-state index in [0.717, 1.165) is 5.56 Å². The molecule has 2 aliphatic heterocycles. The maximum atomic E-state index is 13.2. The normalized spacial score (nSPS) is 18.5. The van der Waals surface area contributed by atoms with Gasteiger partial charge in [-0.05, 0) is 12.1 Å². The highest BCUT2D eigenvalue weighted by Gasteiger charge is 2.39. The van der Waals surface area contributed by atoms with E-state index in [9.17, 15) is 9.59 Å². The van der Waals surface area contributed by atoms with Gasteiger partial charge in [-0.1, -0.05) is 47.6 Å². The Hall–Kier alpha value is -3.68. The van der Waals surface area contributed by atoms with Gasteiger partial charge in [0, 0.05) is 25.2 Å². The van der Waals surface area contributed by atoms with Crippen LogP contribution in [0.15, 0.2) is 59.1 Å². The Bertz CT molecular complexity index is 1070. The van der Waals surface area contributed by atoms with Crippen molar-refractivity contribution in [2.24, 2.45) is 0 Å². The van der Waals surface area contributed by atoms with Gasteiger partial charge in [-0.2, -0.15) is 4.98 Å². The van der Waals surface area contributed by atoms with E-state index in [0.29, 0.717) is 49.1 Å². The Kier molecular flexibility index (Phi) is 4.23. The minimum atomic E-state index is -0.304. The van der Waals surface area contributed by atoms with Crippen LogP contribution in [0.25, 0.3) is 22.8 Å². The molecule has 1 atom stereocenters. The molecule has 5 rings (SSSR count). The first-order valence-corrected chi connectivity index (χ1v) is 9.42. The lowest BCUT2D eigenvalue weighted by atomic mass is 10.0. The average Bonchev–Trinajstić information content (AvgIpc) is 3.41. The molecule has 0 N–H and O–H groups in total. The predicted molar refractivity (Wildman–Crippen MR) is 103 cm³/mol. The van der Waals surface area contributed by atoms with Crippen molar-refractivity contribution in [3.05, 3.63) is 60.2 Å². The molecule has 3 aromatic rings. The zero-order chi connectivity index (χ0) is 19.8. The number of aromatic nitrogens is 2. The number of cyclic esters (lactones) is 1.